The van der Waals surface area contributed by atoms with Gasteiger partial charge < -0.3 is 19.4 Å². The Bertz CT molecular complexity index is 827. The summed E-state index contributed by atoms with van der Waals surface area (Å²) in [5, 5.41) is 2.96. The van der Waals surface area contributed by atoms with Crippen molar-refractivity contribution < 1.29 is 18.7 Å². The number of aromatic nitrogens is 1. The van der Waals surface area contributed by atoms with Crippen LogP contribution in [0.5, 0.6) is 0 Å². The van der Waals surface area contributed by atoms with Gasteiger partial charge in [-0.2, -0.15) is 0 Å². The second-order valence-corrected chi connectivity index (χ2v) is 7.33. The Morgan fingerprint density at radius 3 is 2.78 bits per heavy atom. The molecule has 2 saturated heterocycles. The van der Waals surface area contributed by atoms with E-state index in [0.717, 1.165) is 12.8 Å². The summed E-state index contributed by atoms with van der Waals surface area (Å²) in [7, 11) is 0. The van der Waals surface area contributed by atoms with Gasteiger partial charge in [0.05, 0.1) is 29.6 Å². The largest absolute Gasteiger partial charge is 0.469 e. The predicted molar refractivity (Wildman–Crippen MR) is 98.2 cm³/mol. The highest BCUT2D eigenvalue weighted by Gasteiger charge is 2.52. The highest BCUT2D eigenvalue weighted by Crippen LogP contribution is 2.45. The second-order valence-electron chi connectivity index (χ2n) is 7.33. The number of furan rings is 1. The molecule has 0 radical (unpaired) electrons. The molecule has 4 heterocycles. The van der Waals surface area contributed by atoms with E-state index in [1.54, 1.807) is 36.4 Å². The molecule has 2 fully saturated rings. The molecule has 2 aliphatic heterocycles. The number of pyridine rings is 1. The molecule has 142 valence electrons. The van der Waals surface area contributed by atoms with E-state index in [1.807, 2.05) is 6.07 Å². The topological polar surface area (TPSA) is 84.7 Å². The molecule has 7 nitrogen and oxygen atoms in total. The van der Waals surface area contributed by atoms with E-state index in [1.165, 1.54) is 6.26 Å². The number of carbonyl (C=O) groups excluding carboxylic acids is 2. The molecule has 1 spiro atoms. The third kappa shape index (κ3) is 3.35. The molecule has 2 aliphatic rings. The van der Waals surface area contributed by atoms with Crippen molar-refractivity contribution in [3.05, 3.63) is 48.2 Å². The van der Waals surface area contributed by atoms with Crippen LogP contribution in [0.3, 0.4) is 0 Å². The average Bonchev–Trinajstić information content (AvgIpc) is 3.27. The number of anilines is 1. The van der Waals surface area contributed by atoms with Crippen molar-refractivity contribution in [2.45, 2.75) is 19.8 Å². The predicted octanol–water partition coefficient (Wildman–Crippen LogP) is 2.49. The van der Waals surface area contributed by atoms with Gasteiger partial charge in [0.15, 0.2) is 0 Å². The number of rotatable bonds is 3. The number of amides is 2. The monoisotopic (exact) mass is 369 g/mol. The fraction of sp³-hybridized carbons (Fsp3) is 0.450. The minimum Gasteiger partial charge on any atom is -0.469 e. The average molecular weight is 369 g/mol. The van der Waals surface area contributed by atoms with Crippen molar-refractivity contribution in [3.63, 3.8) is 0 Å². The summed E-state index contributed by atoms with van der Waals surface area (Å²) < 4.78 is 10.8. The molecule has 2 amide bonds. The quantitative estimate of drug-likeness (QED) is 0.899. The maximum atomic E-state index is 13.1. The normalized spacial score (nSPS) is 21.4. The minimum absolute atomic E-state index is 0.0656. The maximum absolute atomic E-state index is 13.1. The smallest absolute Gasteiger partial charge is 0.257 e. The van der Waals surface area contributed by atoms with Gasteiger partial charge in [0.25, 0.3) is 5.91 Å². The number of ether oxygens (including phenoxy) is 1. The van der Waals surface area contributed by atoms with Gasteiger partial charge in [-0.15, -0.1) is 0 Å². The molecular formula is C20H23N3O4. The van der Waals surface area contributed by atoms with Crippen molar-refractivity contribution >= 4 is 17.5 Å². The van der Waals surface area contributed by atoms with Crippen LogP contribution in [0.1, 0.15) is 29.0 Å². The van der Waals surface area contributed by atoms with Gasteiger partial charge in [0.1, 0.15) is 5.76 Å². The van der Waals surface area contributed by atoms with Crippen LogP contribution in [-0.4, -0.2) is 48.0 Å². The van der Waals surface area contributed by atoms with Crippen molar-refractivity contribution in [1.29, 1.82) is 0 Å². The van der Waals surface area contributed by atoms with Crippen molar-refractivity contribution in [1.82, 2.24) is 9.88 Å². The Morgan fingerprint density at radius 2 is 2.11 bits per heavy atom. The minimum atomic E-state index is -0.280. The first kappa shape index (κ1) is 17.7. The molecule has 2 aromatic rings. The number of nitrogens with zero attached hydrogens (tertiary/aromatic N) is 2. The van der Waals surface area contributed by atoms with E-state index < -0.39 is 0 Å². The first-order valence-corrected chi connectivity index (χ1v) is 9.21. The number of aryl methyl sites for hydroxylation is 1. The van der Waals surface area contributed by atoms with E-state index in [9.17, 15) is 9.59 Å². The van der Waals surface area contributed by atoms with E-state index in [2.05, 4.69) is 10.3 Å². The SMILES string of the molecule is Cc1occc1C(=O)N1CC(C(=O)Nc2cccnc2)C2(CCOCC2)C1. The van der Waals surface area contributed by atoms with Crippen LogP contribution in [0.15, 0.2) is 41.3 Å². The summed E-state index contributed by atoms with van der Waals surface area (Å²) in [4.78, 5) is 31.9. The van der Waals surface area contributed by atoms with E-state index in [-0.39, 0.29) is 23.1 Å². The summed E-state index contributed by atoms with van der Waals surface area (Å²) in [5.74, 6) is 0.176. The Balaban J connectivity index is 1.57. The lowest BCUT2D eigenvalue weighted by Gasteiger charge is -2.37. The highest BCUT2D eigenvalue weighted by molar-refractivity contribution is 5.97. The fourth-order valence-electron chi connectivity index (χ4n) is 4.21. The molecule has 0 aromatic carbocycles. The van der Waals surface area contributed by atoms with Crippen LogP contribution in [0.4, 0.5) is 5.69 Å². The molecule has 27 heavy (non-hydrogen) atoms. The molecule has 2 aromatic heterocycles. The first-order chi connectivity index (χ1) is 13.1. The molecule has 0 aliphatic carbocycles. The summed E-state index contributed by atoms with van der Waals surface area (Å²) in [6.45, 7) is 3.97. The van der Waals surface area contributed by atoms with Crippen molar-refractivity contribution in [2.75, 3.05) is 31.6 Å². The molecule has 0 bridgehead atoms. The second kappa shape index (κ2) is 7.15. The summed E-state index contributed by atoms with van der Waals surface area (Å²) in [5.41, 5.74) is 0.975. The third-order valence-corrected chi connectivity index (χ3v) is 5.76. The zero-order valence-electron chi connectivity index (χ0n) is 15.3. The van der Waals surface area contributed by atoms with Crippen molar-refractivity contribution in [2.24, 2.45) is 11.3 Å². The Kier molecular flexibility index (Phi) is 4.70. The van der Waals surface area contributed by atoms with Gasteiger partial charge in [-0.1, -0.05) is 0 Å². The standard InChI is InChI=1S/C20H23N3O4/c1-14-16(4-8-27-14)19(25)23-12-17(20(13-23)5-9-26-10-6-20)18(24)22-15-3-2-7-21-11-15/h2-4,7-8,11,17H,5-6,9-10,12-13H2,1H3,(H,22,24). The molecule has 7 heteroatoms. The zero-order chi connectivity index (χ0) is 18.9. The van der Waals surface area contributed by atoms with E-state index in [0.29, 0.717) is 43.3 Å². The van der Waals surface area contributed by atoms with Gasteiger partial charge >= 0.3 is 0 Å². The number of nitrogens with one attached hydrogen (secondary N) is 1. The van der Waals surface area contributed by atoms with Gasteiger partial charge in [-0.3, -0.25) is 14.6 Å². The van der Waals surface area contributed by atoms with Gasteiger partial charge in [-0.25, -0.2) is 0 Å². The Morgan fingerprint density at radius 1 is 1.30 bits per heavy atom. The van der Waals surface area contributed by atoms with E-state index >= 15 is 0 Å². The first-order valence-electron chi connectivity index (χ1n) is 9.21. The van der Waals surface area contributed by atoms with Crippen LogP contribution in [-0.2, 0) is 9.53 Å². The highest BCUT2D eigenvalue weighted by atomic mass is 16.5. The van der Waals surface area contributed by atoms with Gasteiger partial charge in [-0.05, 0) is 38.0 Å². The third-order valence-electron chi connectivity index (χ3n) is 5.76. The lowest BCUT2D eigenvalue weighted by molar-refractivity contribution is -0.124. The zero-order valence-corrected chi connectivity index (χ0v) is 15.3. The van der Waals surface area contributed by atoms with Crippen LogP contribution in [0.25, 0.3) is 0 Å². The summed E-state index contributed by atoms with van der Waals surface area (Å²) in [6.07, 6.45) is 6.36. The van der Waals surface area contributed by atoms with Gasteiger partial charge in [0.2, 0.25) is 5.91 Å². The number of likely N-dealkylation sites (tertiary alicyclic amines) is 1. The van der Waals surface area contributed by atoms with Crippen LogP contribution in [0.2, 0.25) is 0 Å². The summed E-state index contributed by atoms with van der Waals surface area (Å²) in [6, 6.07) is 5.29. The van der Waals surface area contributed by atoms with Crippen molar-refractivity contribution in [3.8, 4) is 0 Å². The molecule has 0 saturated carbocycles. The molecule has 4 rings (SSSR count). The maximum Gasteiger partial charge on any atom is 0.257 e. The molecule has 1 N–H and O–H groups in total. The Hall–Kier alpha value is -2.67. The van der Waals surface area contributed by atoms with E-state index in [4.69, 9.17) is 9.15 Å². The number of carbonyl (C=O) groups is 2. The van der Waals surface area contributed by atoms with Crippen LogP contribution < -0.4 is 5.32 Å². The molecule has 1 atom stereocenters. The summed E-state index contributed by atoms with van der Waals surface area (Å²) >= 11 is 0. The van der Waals surface area contributed by atoms with Gasteiger partial charge in [0, 0.05) is 37.9 Å². The van der Waals surface area contributed by atoms with Crippen LogP contribution >= 0.6 is 0 Å². The lowest BCUT2D eigenvalue weighted by atomic mass is 9.71. The lowest BCUT2D eigenvalue weighted by Crippen LogP contribution is -2.42. The Labute approximate surface area is 157 Å². The molecule has 1 unspecified atom stereocenters. The number of hydrogen-bond donors (Lipinski definition) is 1. The molecular weight excluding hydrogens is 346 g/mol. The van der Waals surface area contributed by atoms with Crippen LogP contribution in [0, 0.1) is 18.3 Å². The fourth-order valence-corrected chi connectivity index (χ4v) is 4.21. The number of hydrogen-bond acceptors (Lipinski definition) is 5.